The third-order valence-corrected chi connectivity index (χ3v) is 9.72. The highest BCUT2D eigenvalue weighted by molar-refractivity contribution is 7.89. The van der Waals surface area contributed by atoms with Gasteiger partial charge in [0, 0.05) is 32.3 Å². The van der Waals surface area contributed by atoms with E-state index in [9.17, 15) is 13.2 Å². The van der Waals surface area contributed by atoms with Gasteiger partial charge >= 0.3 is 0 Å². The van der Waals surface area contributed by atoms with E-state index in [1.165, 1.54) is 25.5 Å². The third kappa shape index (κ3) is 5.77. The molecule has 0 saturated carbocycles. The Hall–Kier alpha value is -1.51. The highest BCUT2D eigenvalue weighted by atomic mass is 32.2. The average Bonchev–Trinajstić information content (AvgIpc) is 2.79. The number of carbonyl (C=O) groups excluding carboxylic acids is 1. The van der Waals surface area contributed by atoms with Crippen molar-refractivity contribution in [2.24, 2.45) is 10.8 Å². The predicted octanol–water partition coefficient (Wildman–Crippen LogP) is 3.90. The first-order chi connectivity index (χ1) is 15.6. The number of sulfonamides is 1. The second-order valence-electron chi connectivity index (χ2n) is 11.4. The Morgan fingerprint density at radius 2 is 1.64 bits per heavy atom. The summed E-state index contributed by atoms with van der Waals surface area (Å²) >= 11 is 0. The molecule has 3 aliphatic rings. The Balaban J connectivity index is 1.32. The van der Waals surface area contributed by atoms with Gasteiger partial charge in [-0.15, -0.1) is 0 Å². The number of aromatic nitrogens is 1. The largest absolute Gasteiger partial charge is 0.303 e. The standard InChI is InChI=1S/C25H40N4O3S/c1-24(2,3)9-15-27-16-10-25(11-17-27)12-18-28(19-13-25)33(31,32)21-7-8-22(26-20-21)29-14-5-4-6-23(29)30/h7-8,20H,4-6,9-19H2,1-3H3. The average molecular weight is 477 g/mol. The molecule has 3 fully saturated rings. The van der Waals surface area contributed by atoms with Gasteiger partial charge in [0.25, 0.3) is 0 Å². The lowest BCUT2D eigenvalue weighted by molar-refractivity contribution is -0.119. The molecule has 3 aliphatic heterocycles. The minimum Gasteiger partial charge on any atom is -0.303 e. The molecule has 1 aromatic heterocycles. The normalized spacial score (nSPS) is 23.2. The van der Waals surface area contributed by atoms with Crippen molar-refractivity contribution in [3.8, 4) is 0 Å². The number of hydrogen-bond acceptors (Lipinski definition) is 5. The molecule has 0 aromatic carbocycles. The maximum absolute atomic E-state index is 13.2. The van der Waals surface area contributed by atoms with Gasteiger partial charge < -0.3 is 4.90 Å². The monoisotopic (exact) mass is 476 g/mol. The van der Waals surface area contributed by atoms with E-state index in [0.29, 0.717) is 42.7 Å². The van der Waals surface area contributed by atoms with Gasteiger partial charge in [-0.05, 0) is 87.5 Å². The zero-order valence-corrected chi connectivity index (χ0v) is 21.4. The number of likely N-dealkylation sites (tertiary alicyclic amines) is 1. The fourth-order valence-electron chi connectivity index (χ4n) is 5.33. The van der Waals surface area contributed by atoms with Gasteiger partial charge in [-0.2, -0.15) is 4.31 Å². The number of rotatable bonds is 5. The number of piperidine rings is 3. The van der Waals surface area contributed by atoms with Gasteiger partial charge in [-0.25, -0.2) is 13.4 Å². The van der Waals surface area contributed by atoms with Crippen LogP contribution in [0.25, 0.3) is 0 Å². The number of hydrogen-bond donors (Lipinski definition) is 0. The lowest BCUT2D eigenvalue weighted by Crippen LogP contribution is -2.48. The minimum absolute atomic E-state index is 0.0649. The van der Waals surface area contributed by atoms with Crippen molar-refractivity contribution in [3.63, 3.8) is 0 Å². The smallest absolute Gasteiger partial charge is 0.244 e. The zero-order chi connectivity index (χ0) is 23.7. The van der Waals surface area contributed by atoms with Crippen molar-refractivity contribution < 1.29 is 13.2 Å². The summed E-state index contributed by atoms with van der Waals surface area (Å²) in [5, 5.41) is 0. The van der Waals surface area contributed by atoms with Crippen molar-refractivity contribution in [2.45, 2.75) is 77.0 Å². The van der Waals surface area contributed by atoms with Crippen LogP contribution in [0, 0.1) is 10.8 Å². The van der Waals surface area contributed by atoms with Crippen molar-refractivity contribution in [3.05, 3.63) is 18.3 Å². The molecular formula is C25H40N4O3S. The van der Waals surface area contributed by atoms with Crippen LogP contribution in [0.15, 0.2) is 23.2 Å². The van der Waals surface area contributed by atoms with Crippen molar-refractivity contribution in [2.75, 3.05) is 44.2 Å². The molecule has 4 heterocycles. The maximum atomic E-state index is 13.2. The summed E-state index contributed by atoms with van der Waals surface area (Å²) in [7, 11) is -3.56. The van der Waals surface area contributed by atoms with E-state index in [1.54, 1.807) is 21.3 Å². The highest BCUT2D eigenvalue weighted by Gasteiger charge is 2.40. The fraction of sp³-hybridized carbons (Fsp3) is 0.760. The van der Waals surface area contributed by atoms with Gasteiger partial charge in [0.15, 0.2) is 0 Å². The molecule has 0 bridgehead atoms. The summed E-state index contributed by atoms with van der Waals surface area (Å²) in [6.45, 7) is 12.1. The number of carbonyl (C=O) groups is 1. The van der Waals surface area contributed by atoms with E-state index < -0.39 is 10.0 Å². The van der Waals surface area contributed by atoms with E-state index in [0.717, 1.165) is 45.3 Å². The molecule has 1 spiro atoms. The molecule has 0 radical (unpaired) electrons. The summed E-state index contributed by atoms with van der Waals surface area (Å²) in [6.07, 6.45) is 9.25. The highest BCUT2D eigenvalue weighted by Crippen LogP contribution is 2.42. The van der Waals surface area contributed by atoms with Crippen LogP contribution in [-0.4, -0.2) is 67.8 Å². The van der Waals surface area contributed by atoms with Crippen LogP contribution in [0.4, 0.5) is 5.82 Å². The minimum atomic E-state index is -3.56. The molecule has 33 heavy (non-hydrogen) atoms. The molecule has 0 atom stereocenters. The van der Waals surface area contributed by atoms with Crippen LogP contribution in [0.3, 0.4) is 0 Å². The first kappa shape index (κ1) is 24.6. The summed E-state index contributed by atoms with van der Waals surface area (Å²) in [4.78, 5) is 20.9. The second kappa shape index (κ2) is 9.62. The van der Waals surface area contributed by atoms with Gasteiger partial charge in [0.2, 0.25) is 15.9 Å². The Bertz CT molecular complexity index is 921. The summed E-state index contributed by atoms with van der Waals surface area (Å²) in [5.74, 6) is 0.615. The molecule has 7 nitrogen and oxygen atoms in total. The van der Waals surface area contributed by atoms with Crippen LogP contribution in [0.1, 0.15) is 72.1 Å². The molecule has 3 saturated heterocycles. The van der Waals surface area contributed by atoms with Crippen LogP contribution in [-0.2, 0) is 14.8 Å². The van der Waals surface area contributed by atoms with E-state index in [4.69, 9.17) is 0 Å². The molecule has 1 amide bonds. The van der Waals surface area contributed by atoms with E-state index in [-0.39, 0.29) is 10.8 Å². The van der Waals surface area contributed by atoms with Crippen molar-refractivity contribution in [1.82, 2.24) is 14.2 Å². The number of anilines is 1. The lowest BCUT2D eigenvalue weighted by Gasteiger charge is -2.46. The van der Waals surface area contributed by atoms with Gasteiger partial charge in [0.1, 0.15) is 10.7 Å². The van der Waals surface area contributed by atoms with Crippen molar-refractivity contribution in [1.29, 1.82) is 0 Å². The molecule has 1 aromatic rings. The van der Waals surface area contributed by atoms with Crippen molar-refractivity contribution >= 4 is 21.7 Å². The summed E-state index contributed by atoms with van der Waals surface area (Å²) in [5.41, 5.74) is 0.659. The van der Waals surface area contributed by atoms with Crippen LogP contribution >= 0.6 is 0 Å². The quantitative estimate of drug-likeness (QED) is 0.644. The topological polar surface area (TPSA) is 73.8 Å². The Labute approximate surface area is 199 Å². The van der Waals surface area contributed by atoms with E-state index >= 15 is 0 Å². The van der Waals surface area contributed by atoms with Gasteiger partial charge in [0.05, 0.1) is 0 Å². The molecule has 0 aliphatic carbocycles. The lowest BCUT2D eigenvalue weighted by atomic mass is 9.71. The number of amides is 1. The number of pyridine rings is 1. The Morgan fingerprint density at radius 1 is 0.970 bits per heavy atom. The van der Waals surface area contributed by atoms with Crippen LogP contribution in [0.2, 0.25) is 0 Å². The molecular weight excluding hydrogens is 436 g/mol. The Kier molecular flexibility index (Phi) is 7.18. The van der Waals surface area contributed by atoms with Gasteiger partial charge in [-0.1, -0.05) is 20.8 Å². The fourth-order valence-corrected chi connectivity index (χ4v) is 6.71. The predicted molar refractivity (Wildman–Crippen MR) is 131 cm³/mol. The summed E-state index contributed by atoms with van der Waals surface area (Å²) < 4.78 is 28.1. The van der Waals surface area contributed by atoms with E-state index in [2.05, 4.69) is 30.7 Å². The number of nitrogens with zero attached hydrogens (tertiary/aromatic N) is 4. The first-order valence-electron chi connectivity index (χ1n) is 12.6. The third-order valence-electron chi connectivity index (χ3n) is 7.84. The maximum Gasteiger partial charge on any atom is 0.244 e. The Morgan fingerprint density at radius 3 is 2.21 bits per heavy atom. The SMILES string of the molecule is CC(C)(C)CCN1CCC2(CC1)CCN(S(=O)(=O)c1ccc(N3CCCCC3=O)nc1)CC2. The second-order valence-corrected chi connectivity index (χ2v) is 13.3. The summed E-state index contributed by atoms with van der Waals surface area (Å²) in [6, 6.07) is 3.28. The molecule has 0 unspecified atom stereocenters. The van der Waals surface area contributed by atoms with Crippen LogP contribution < -0.4 is 4.90 Å². The molecule has 184 valence electrons. The first-order valence-corrected chi connectivity index (χ1v) is 14.0. The zero-order valence-electron chi connectivity index (χ0n) is 20.6. The van der Waals surface area contributed by atoms with E-state index in [1.807, 2.05) is 0 Å². The molecule has 0 N–H and O–H groups in total. The molecule has 4 rings (SSSR count). The van der Waals surface area contributed by atoms with Crippen LogP contribution in [0.5, 0.6) is 0 Å². The van der Waals surface area contributed by atoms with Gasteiger partial charge in [-0.3, -0.25) is 9.69 Å². The molecule has 8 heteroatoms.